The second-order valence-corrected chi connectivity index (χ2v) is 8.43. The van der Waals surface area contributed by atoms with Crippen molar-refractivity contribution in [1.29, 1.82) is 0 Å². The summed E-state index contributed by atoms with van der Waals surface area (Å²) in [6.07, 6.45) is 8.36. The van der Waals surface area contributed by atoms with E-state index in [-0.39, 0.29) is 29.1 Å². The summed E-state index contributed by atoms with van der Waals surface area (Å²) in [5, 5.41) is 3.28. The average Bonchev–Trinajstić information content (AvgIpc) is 2.68. The molecule has 0 bridgehead atoms. The van der Waals surface area contributed by atoms with Crippen LogP contribution in [0.4, 0.5) is 0 Å². The van der Waals surface area contributed by atoms with E-state index in [0.29, 0.717) is 19.5 Å². The molecule has 0 atom stereocenters. The number of ether oxygens (including phenoxy) is 1. The molecule has 0 spiro atoms. The average molecular weight is 395 g/mol. The van der Waals surface area contributed by atoms with Crippen LogP contribution < -0.4 is 11.1 Å². The normalized spacial score (nSPS) is 21.1. The third-order valence-electron chi connectivity index (χ3n) is 6.67. The van der Waals surface area contributed by atoms with Crippen molar-refractivity contribution in [2.75, 3.05) is 26.3 Å². The molecule has 1 heterocycles. The molecule has 3 rings (SSSR count). The Morgan fingerprint density at radius 2 is 1.78 bits per heavy atom. The molecule has 27 heavy (non-hydrogen) atoms. The van der Waals surface area contributed by atoms with E-state index >= 15 is 0 Å². The molecule has 1 saturated heterocycles. The molecule has 4 nitrogen and oxygen atoms in total. The van der Waals surface area contributed by atoms with Gasteiger partial charge in [0.05, 0.1) is 0 Å². The molecule has 0 radical (unpaired) electrons. The predicted octanol–water partition coefficient (Wildman–Crippen LogP) is 3.88. The molecule has 1 aliphatic heterocycles. The zero-order valence-electron chi connectivity index (χ0n) is 16.6. The van der Waals surface area contributed by atoms with Gasteiger partial charge in [0.2, 0.25) is 5.91 Å². The van der Waals surface area contributed by atoms with Gasteiger partial charge < -0.3 is 15.8 Å². The standard InChI is InChI=1S/C22H34N2O2.ClH/c1-18-7-3-4-8-19(18)22(11-13-26-14-12-22)17-24-20(25)15-21(16-23)9-5-2-6-10-21;/h3-4,7-8H,2,5-6,9-17,23H2,1H3,(H,24,25);1H. The van der Waals surface area contributed by atoms with E-state index in [0.717, 1.165) is 38.9 Å². The minimum atomic E-state index is -0.0122. The Morgan fingerprint density at radius 3 is 2.41 bits per heavy atom. The Hall–Kier alpha value is -1.10. The van der Waals surface area contributed by atoms with Crippen molar-refractivity contribution < 1.29 is 9.53 Å². The summed E-state index contributed by atoms with van der Waals surface area (Å²) < 4.78 is 5.62. The second-order valence-electron chi connectivity index (χ2n) is 8.43. The van der Waals surface area contributed by atoms with Gasteiger partial charge in [-0.2, -0.15) is 0 Å². The molecule has 3 N–H and O–H groups in total. The van der Waals surface area contributed by atoms with E-state index in [1.807, 2.05) is 0 Å². The van der Waals surface area contributed by atoms with Crippen LogP contribution in [-0.4, -0.2) is 32.2 Å². The molecule has 0 unspecified atom stereocenters. The molecule has 5 heteroatoms. The van der Waals surface area contributed by atoms with Gasteiger partial charge in [0.1, 0.15) is 0 Å². The first-order valence-corrected chi connectivity index (χ1v) is 10.2. The Morgan fingerprint density at radius 1 is 1.11 bits per heavy atom. The topological polar surface area (TPSA) is 64.4 Å². The van der Waals surface area contributed by atoms with Crippen LogP contribution in [0.3, 0.4) is 0 Å². The second kappa shape index (κ2) is 9.90. The van der Waals surface area contributed by atoms with Gasteiger partial charge in [-0.25, -0.2) is 0 Å². The first-order valence-electron chi connectivity index (χ1n) is 10.2. The molecule has 152 valence electrons. The molecular formula is C22H35ClN2O2. The predicted molar refractivity (Wildman–Crippen MR) is 112 cm³/mol. The molecule has 2 fully saturated rings. The quantitative estimate of drug-likeness (QED) is 0.769. The van der Waals surface area contributed by atoms with Crippen molar-refractivity contribution in [3.05, 3.63) is 35.4 Å². The van der Waals surface area contributed by atoms with Gasteiger partial charge in [-0.3, -0.25) is 4.79 Å². The number of hydrogen-bond donors (Lipinski definition) is 2. The Balaban J connectivity index is 0.00000261. The van der Waals surface area contributed by atoms with Crippen molar-refractivity contribution in [3.8, 4) is 0 Å². The number of halogens is 1. The highest BCUT2D eigenvalue weighted by Crippen LogP contribution is 2.39. The highest BCUT2D eigenvalue weighted by molar-refractivity contribution is 5.85. The Labute approximate surface area is 170 Å². The van der Waals surface area contributed by atoms with Crippen LogP contribution in [-0.2, 0) is 14.9 Å². The fourth-order valence-electron chi connectivity index (χ4n) is 4.90. The maximum absolute atomic E-state index is 12.8. The van der Waals surface area contributed by atoms with Gasteiger partial charge in [-0.1, -0.05) is 43.5 Å². The summed E-state index contributed by atoms with van der Waals surface area (Å²) in [5.41, 5.74) is 8.73. The largest absolute Gasteiger partial charge is 0.381 e. The van der Waals surface area contributed by atoms with E-state index in [1.54, 1.807) is 0 Å². The molecular weight excluding hydrogens is 360 g/mol. The lowest BCUT2D eigenvalue weighted by molar-refractivity contribution is -0.124. The van der Waals surface area contributed by atoms with E-state index < -0.39 is 0 Å². The SMILES string of the molecule is Cc1ccccc1C1(CNC(=O)CC2(CN)CCCCC2)CCOCC1.Cl. The third kappa shape index (κ3) is 5.24. The third-order valence-corrected chi connectivity index (χ3v) is 6.67. The monoisotopic (exact) mass is 394 g/mol. The molecule has 1 amide bonds. The Kier molecular flexibility index (Phi) is 8.14. The van der Waals surface area contributed by atoms with Crippen LogP contribution in [0.5, 0.6) is 0 Å². The lowest BCUT2D eigenvalue weighted by Crippen LogP contribution is -2.46. The van der Waals surface area contributed by atoms with E-state index in [4.69, 9.17) is 10.5 Å². The summed E-state index contributed by atoms with van der Waals surface area (Å²) in [6.45, 7) is 5.01. The maximum Gasteiger partial charge on any atom is 0.220 e. The summed E-state index contributed by atoms with van der Waals surface area (Å²) in [4.78, 5) is 12.8. The van der Waals surface area contributed by atoms with Crippen LogP contribution in [0.1, 0.15) is 62.5 Å². The van der Waals surface area contributed by atoms with Gasteiger partial charge in [-0.05, 0) is 55.7 Å². The number of carbonyl (C=O) groups is 1. The van der Waals surface area contributed by atoms with Crippen LogP contribution >= 0.6 is 12.4 Å². The van der Waals surface area contributed by atoms with Crippen LogP contribution in [0.15, 0.2) is 24.3 Å². The highest BCUT2D eigenvalue weighted by Gasteiger charge is 2.37. The molecule has 1 aliphatic carbocycles. The summed E-state index contributed by atoms with van der Waals surface area (Å²) in [6, 6.07) is 8.57. The van der Waals surface area contributed by atoms with Crippen LogP contribution in [0, 0.1) is 12.3 Å². The van der Waals surface area contributed by atoms with Crippen LogP contribution in [0.2, 0.25) is 0 Å². The number of carbonyl (C=O) groups excluding carboxylic acids is 1. The number of rotatable bonds is 6. The van der Waals surface area contributed by atoms with Crippen molar-refractivity contribution in [2.45, 2.75) is 63.7 Å². The number of nitrogens with one attached hydrogen (secondary N) is 1. The van der Waals surface area contributed by atoms with Crippen LogP contribution in [0.25, 0.3) is 0 Å². The number of hydrogen-bond acceptors (Lipinski definition) is 3. The highest BCUT2D eigenvalue weighted by atomic mass is 35.5. The molecule has 1 aromatic carbocycles. The smallest absolute Gasteiger partial charge is 0.220 e. The van der Waals surface area contributed by atoms with E-state index in [2.05, 4.69) is 36.5 Å². The minimum Gasteiger partial charge on any atom is -0.381 e. The summed E-state index contributed by atoms with van der Waals surface area (Å²) in [7, 11) is 0. The zero-order chi connectivity index (χ0) is 18.5. The van der Waals surface area contributed by atoms with Gasteiger partial charge in [0.25, 0.3) is 0 Å². The first-order chi connectivity index (χ1) is 12.6. The van der Waals surface area contributed by atoms with Gasteiger partial charge >= 0.3 is 0 Å². The van der Waals surface area contributed by atoms with Crippen molar-refractivity contribution in [2.24, 2.45) is 11.1 Å². The van der Waals surface area contributed by atoms with Gasteiger partial charge in [0, 0.05) is 31.6 Å². The number of aryl methyl sites for hydroxylation is 1. The van der Waals surface area contributed by atoms with Gasteiger partial charge in [-0.15, -0.1) is 12.4 Å². The summed E-state index contributed by atoms with van der Waals surface area (Å²) in [5.74, 6) is 0.164. The number of amides is 1. The maximum atomic E-state index is 12.8. The zero-order valence-corrected chi connectivity index (χ0v) is 17.4. The lowest BCUT2D eigenvalue weighted by atomic mass is 9.71. The molecule has 1 aromatic rings. The fourth-order valence-corrected chi connectivity index (χ4v) is 4.90. The van der Waals surface area contributed by atoms with Crippen molar-refractivity contribution >= 4 is 18.3 Å². The summed E-state index contributed by atoms with van der Waals surface area (Å²) >= 11 is 0. The molecule has 0 aromatic heterocycles. The van der Waals surface area contributed by atoms with Gasteiger partial charge in [0.15, 0.2) is 0 Å². The van der Waals surface area contributed by atoms with Crippen molar-refractivity contribution in [1.82, 2.24) is 5.32 Å². The minimum absolute atomic E-state index is 0. The van der Waals surface area contributed by atoms with E-state index in [1.165, 1.54) is 30.4 Å². The fraction of sp³-hybridized carbons (Fsp3) is 0.682. The molecule has 1 saturated carbocycles. The number of benzene rings is 1. The van der Waals surface area contributed by atoms with Crippen molar-refractivity contribution in [3.63, 3.8) is 0 Å². The number of nitrogens with two attached hydrogens (primary N) is 1. The Bertz CT molecular complexity index is 608. The first kappa shape index (κ1) is 22.2. The lowest BCUT2D eigenvalue weighted by Gasteiger charge is -2.40. The van der Waals surface area contributed by atoms with E-state index in [9.17, 15) is 4.79 Å². The molecule has 2 aliphatic rings.